The number of nitrogens with zero attached hydrogens (tertiary/aromatic N) is 1. The minimum atomic E-state index is -3.84. The van der Waals surface area contributed by atoms with Crippen LogP contribution in [0.1, 0.15) is 30.9 Å². The first kappa shape index (κ1) is 17.1. The number of hydrogen-bond acceptors (Lipinski definition) is 4. The lowest BCUT2D eigenvalue weighted by Crippen LogP contribution is -2.34. The van der Waals surface area contributed by atoms with Crippen molar-refractivity contribution in [3.05, 3.63) is 33.4 Å². The lowest BCUT2D eigenvalue weighted by atomic mass is 10.1. The Bertz CT molecular complexity index is 690. The Morgan fingerprint density at radius 1 is 1.43 bits per heavy atom. The highest BCUT2D eigenvalue weighted by atomic mass is 32.2. The predicted molar refractivity (Wildman–Crippen MR) is 80.4 cm³/mol. The van der Waals surface area contributed by atoms with Gasteiger partial charge in [0, 0.05) is 24.1 Å². The summed E-state index contributed by atoms with van der Waals surface area (Å²) < 4.78 is 27.1. The van der Waals surface area contributed by atoms with E-state index >= 15 is 0 Å². The number of aryl methyl sites for hydroxylation is 1. The molecule has 1 N–H and O–H groups in total. The monoisotopic (exact) mass is 310 g/mol. The van der Waals surface area contributed by atoms with Gasteiger partial charge in [-0.2, -0.15) is 0 Å². The fourth-order valence-electron chi connectivity index (χ4n) is 1.85. The van der Waals surface area contributed by atoms with Crippen molar-refractivity contribution in [3.8, 4) is 12.3 Å². The highest BCUT2D eigenvalue weighted by Crippen LogP contribution is 2.26. The molecule has 0 saturated heterocycles. The molecular formula is C14H18N2O4S. The number of nitro groups is 1. The second-order valence-electron chi connectivity index (χ2n) is 4.78. The molecule has 0 aliphatic carbocycles. The molecule has 0 amide bonds. The quantitative estimate of drug-likeness (QED) is 0.496. The highest BCUT2D eigenvalue weighted by molar-refractivity contribution is 7.89. The molecule has 7 heteroatoms. The zero-order chi connectivity index (χ0) is 16.2. The van der Waals surface area contributed by atoms with E-state index in [1.165, 1.54) is 6.07 Å². The van der Waals surface area contributed by atoms with E-state index in [1.54, 1.807) is 13.8 Å². The number of nitro benzene ring substituents is 1. The zero-order valence-corrected chi connectivity index (χ0v) is 13.0. The molecule has 0 aromatic heterocycles. The zero-order valence-electron chi connectivity index (χ0n) is 12.2. The maximum absolute atomic E-state index is 12.3. The van der Waals surface area contributed by atoms with Gasteiger partial charge in [0.2, 0.25) is 10.0 Å². The summed E-state index contributed by atoms with van der Waals surface area (Å²) in [6.07, 6.45) is 6.00. The van der Waals surface area contributed by atoms with E-state index in [0.717, 1.165) is 6.07 Å². The lowest BCUT2D eigenvalue weighted by molar-refractivity contribution is -0.385. The van der Waals surface area contributed by atoms with E-state index in [0.29, 0.717) is 17.5 Å². The van der Waals surface area contributed by atoms with Gasteiger partial charge in [0.1, 0.15) is 0 Å². The van der Waals surface area contributed by atoms with Gasteiger partial charge in [0.25, 0.3) is 5.69 Å². The number of benzene rings is 1. The molecule has 0 saturated carbocycles. The van der Waals surface area contributed by atoms with Gasteiger partial charge in [-0.05, 0) is 31.9 Å². The van der Waals surface area contributed by atoms with Crippen molar-refractivity contribution in [1.82, 2.24) is 4.72 Å². The number of rotatable bonds is 6. The summed E-state index contributed by atoms with van der Waals surface area (Å²) in [5.41, 5.74) is 0.796. The predicted octanol–water partition coefficient (Wildman–Crippen LogP) is 2.29. The van der Waals surface area contributed by atoms with Crippen molar-refractivity contribution in [2.75, 3.05) is 0 Å². The van der Waals surface area contributed by atoms with Crippen LogP contribution in [0.5, 0.6) is 0 Å². The number of sulfonamides is 1. The van der Waals surface area contributed by atoms with E-state index in [1.807, 2.05) is 6.92 Å². The first-order chi connectivity index (χ1) is 9.72. The molecule has 0 radical (unpaired) electrons. The van der Waals surface area contributed by atoms with E-state index in [9.17, 15) is 18.5 Å². The maximum atomic E-state index is 12.3. The summed E-state index contributed by atoms with van der Waals surface area (Å²) in [6.45, 7) is 5.04. The molecule has 0 aliphatic heterocycles. The Labute approximate surface area is 124 Å². The van der Waals surface area contributed by atoms with Crippen molar-refractivity contribution < 1.29 is 13.3 Å². The van der Waals surface area contributed by atoms with Crippen LogP contribution in [-0.4, -0.2) is 19.4 Å². The largest absolute Gasteiger partial charge is 0.273 e. The fourth-order valence-corrected chi connectivity index (χ4v) is 3.28. The van der Waals surface area contributed by atoms with Gasteiger partial charge in [-0.3, -0.25) is 10.1 Å². The fraction of sp³-hybridized carbons (Fsp3) is 0.429. The van der Waals surface area contributed by atoms with Crippen LogP contribution in [0.4, 0.5) is 5.69 Å². The molecule has 21 heavy (non-hydrogen) atoms. The standard InChI is InChI=1S/C14H18N2O4S/c1-5-7-12(6-2)15-21(19,20)13-8-10(3)11(4)14(9-13)16(17)18/h1,8-9,12,15H,6-7H2,2-4H3. The molecule has 0 spiro atoms. The highest BCUT2D eigenvalue weighted by Gasteiger charge is 2.23. The number of terminal acetylenes is 1. The van der Waals surface area contributed by atoms with Gasteiger partial charge in [0.15, 0.2) is 0 Å². The Morgan fingerprint density at radius 2 is 2.05 bits per heavy atom. The molecule has 1 rings (SSSR count). The van der Waals surface area contributed by atoms with Crippen molar-refractivity contribution in [2.24, 2.45) is 0 Å². The number of hydrogen-bond donors (Lipinski definition) is 1. The average molecular weight is 310 g/mol. The normalized spacial score (nSPS) is 12.7. The molecule has 1 unspecified atom stereocenters. The third kappa shape index (κ3) is 4.03. The van der Waals surface area contributed by atoms with Gasteiger partial charge >= 0.3 is 0 Å². The van der Waals surface area contributed by atoms with Crippen LogP contribution in [0.15, 0.2) is 17.0 Å². The van der Waals surface area contributed by atoms with Crippen LogP contribution < -0.4 is 4.72 Å². The van der Waals surface area contributed by atoms with Crippen molar-refractivity contribution in [1.29, 1.82) is 0 Å². The van der Waals surface area contributed by atoms with E-state index in [2.05, 4.69) is 10.6 Å². The first-order valence-corrected chi connectivity index (χ1v) is 7.92. The van der Waals surface area contributed by atoms with Gasteiger partial charge < -0.3 is 0 Å². The first-order valence-electron chi connectivity index (χ1n) is 6.44. The topological polar surface area (TPSA) is 89.3 Å². The van der Waals surface area contributed by atoms with E-state index < -0.39 is 14.9 Å². The van der Waals surface area contributed by atoms with Crippen LogP contribution in [0.2, 0.25) is 0 Å². The molecule has 0 heterocycles. The van der Waals surface area contributed by atoms with E-state index in [-0.39, 0.29) is 23.0 Å². The van der Waals surface area contributed by atoms with Crippen molar-refractivity contribution >= 4 is 15.7 Å². The van der Waals surface area contributed by atoms with Gasteiger partial charge in [0.05, 0.1) is 9.82 Å². The summed E-state index contributed by atoms with van der Waals surface area (Å²) in [5.74, 6) is 2.41. The van der Waals surface area contributed by atoms with Crippen LogP contribution in [0.25, 0.3) is 0 Å². The summed E-state index contributed by atoms with van der Waals surface area (Å²) in [4.78, 5) is 10.3. The minimum Gasteiger partial charge on any atom is -0.258 e. The molecule has 1 atom stereocenters. The molecule has 0 aliphatic rings. The van der Waals surface area contributed by atoms with Gasteiger partial charge in [-0.25, -0.2) is 13.1 Å². The molecule has 114 valence electrons. The second kappa shape index (κ2) is 6.70. The Hall–Kier alpha value is -1.91. The summed E-state index contributed by atoms with van der Waals surface area (Å²) in [5, 5.41) is 11.0. The van der Waals surface area contributed by atoms with Crippen LogP contribution in [-0.2, 0) is 10.0 Å². The minimum absolute atomic E-state index is 0.118. The summed E-state index contributed by atoms with van der Waals surface area (Å²) in [6, 6.07) is 2.11. The Morgan fingerprint density at radius 3 is 2.52 bits per heavy atom. The lowest BCUT2D eigenvalue weighted by Gasteiger charge is -2.15. The molecule has 1 aromatic rings. The van der Waals surface area contributed by atoms with Crippen molar-refractivity contribution in [2.45, 2.75) is 44.6 Å². The average Bonchev–Trinajstić information content (AvgIpc) is 2.40. The van der Waals surface area contributed by atoms with Gasteiger partial charge in [-0.1, -0.05) is 6.92 Å². The molecule has 0 fully saturated rings. The third-order valence-electron chi connectivity index (χ3n) is 3.30. The van der Waals surface area contributed by atoms with Crippen molar-refractivity contribution in [3.63, 3.8) is 0 Å². The molecule has 1 aromatic carbocycles. The third-order valence-corrected chi connectivity index (χ3v) is 4.80. The summed E-state index contributed by atoms with van der Waals surface area (Å²) in [7, 11) is -3.84. The maximum Gasteiger partial charge on any atom is 0.273 e. The summed E-state index contributed by atoms with van der Waals surface area (Å²) >= 11 is 0. The number of nitrogens with one attached hydrogen (secondary N) is 1. The smallest absolute Gasteiger partial charge is 0.258 e. The second-order valence-corrected chi connectivity index (χ2v) is 6.49. The SMILES string of the molecule is C#CCC(CC)NS(=O)(=O)c1cc(C)c(C)c([N+](=O)[O-])c1. The van der Waals surface area contributed by atoms with Gasteiger partial charge in [-0.15, -0.1) is 12.3 Å². The Kier molecular flexibility index (Phi) is 5.47. The van der Waals surface area contributed by atoms with Crippen LogP contribution >= 0.6 is 0 Å². The molecule has 0 bridgehead atoms. The van der Waals surface area contributed by atoms with Crippen LogP contribution in [0.3, 0.4) is 0 Å². The molecular weight excluding hydrogens is 292 g/mol. The van der Waals surface area contributed by atoms with Crippen LogP contribution in [0, 0.1) is 36.3 Å². The Balaban J connectivity index is 3.26. The molecule has 6 nitrogen and oxygen atoms in total. The van der Waals surface area contributed by atoms with E-state index in [4.69, 9.17) is 6.42 Å².